The summed E-state index contributed by atoms with van der Waals surface area (Å²) in [4.78, 5) is 43.7. The van der Waals surface area contributed by atoms with Crippen molar-refractivity contribution in [2.45, 2.75) is 6.04 Å². The number of imide groups is 1. The van der Waals surface area contributed by atoms with Crippen LogP contribution in [0, 0.1) is 0 Å². The fraction of sp³-hybridized carbons (Fsp3) is 0.167. The molecule has 0 unspecified atom stereocenters. The summed E-state index contributed by atoms with van der Waals surface area (Å²) in [6.07, 6.45) is 4.94. The third kappa shape index (κ3) is 3.66. The first kappa shape index (κ1) is 21.0. The van der Waals surface area contributed by atoms with Crippen molar-refractivity contribution in [1.29, 1.82) is 0 Å². The number of rotatable bonds is 7. The Bertz CT molecular complexity index is 1230. The molecule has 2 heterocycles. The summed E-state index contributed by atoms with van der Waals surface area (Å²) >= 11 is 0. The van der Waals surface area contributed by atoms with Crippen molar-refractivity contribution in [3.8, 4) is 5.75 Å². The highest BCUT2D eigenvalue weighted by Gasteiger charge is 2.35. The van der Waals surface area contributed by atoms with E-state index in [0.717, 1.165) is 10.5 Å². The summed E-state index contributed by atoms with van der Waals surface area (Å²) in [7, 11) is 3.42. The highest BCUT2D eigenvalue weighted by atomic mass is 16.5. The molecule has 3 amide bonds. The van der Waals surface area contributed by atoms with Crippen molar-refractivity contribution in [1.82, 2.24) is 19.8 Å². The van der Waals surface area contributed by atoms with E-state index in [-0.39, 0.29) is 29.1 Å². The Morgan fingerprint density at radius 2 is 1.97 bits per heavy atom. The number of imidazole rings is 1. The summed E-state index contributed by atoms with van der Waals surface area (Å²) < 4.78 is 7.15. The van der Waals surface area contributed by atoms with E-state index >= 15 is 0 Å². The molecule has 0 saturated heterocycles. The number of benzene rings is 2. The van der Waals surface area contributed by atoms with Gasteiger partial charge in [-0.25, -0.2) is 4.98 Å². The number of amides is 3. The molecule has 32 heavy (non-hydrogen) atoms. The van der Waals surface area contributed by atoms with Crippen LogP contribution in [-0.4, -0.2) is 45.8 Å². The highest BCUT2D eigenvalue weighted by Crippen LogP contribution is 2.27. The molecule has 162 valence electrons. The van der Waals surface area contributed by atoms with Crippen molar-refractivity contribution in [2.75, 3.05) is 13.7 Å². The number of fused-ring (bicyclic) bond motifs is 1. The van der Waals surface area contributed by atoms with Crippen LogP contribution in [0.4, 0.5) is 0 Å². The second kappa shape index (κ2) is 8.50. The maximum Gasteiger partial charge on any atom is 0.261 e. The molecule has 1 atom stereocenters. The number of hydrogen-bond donors (Lipinski definition) is 1. The zero-order valence-corrected chi connectivity index (χ0v) is 17.7. The van der Waals surface area contributed by atoms with Gasteiger partial charge in [0.1, 0.15) is 17.6 Å². The van der Waals surface area contributed by atoms with Crippen molar-refractivity contribution in [3.63, 3.8) is 0 Å². The molecule has 0 aliphatic carbocycles. The van der Waals surface area contributed by atoms with E-state index in [2.05, 4.69) is 16.9 Å². The van der Waals surface area contributed by atoms with Crippen LogP contribution in [0.1, 0.15) is 48.5 Å². The summed E-state index contributed by atoms with van der Waals surface area (Å²) in [5.41, 5.74) is 1.55. The number of methoxy groups -OCH3 is 1. The molecule has 2 aromatic carbocycles. The molecule has 8 heteroatoms. The van der Waals surface area contributed by atoms with Crippen LogP contribution in [0.25, 0.3) is 0 Å². The molecule has 1 N–H and O–H groups in total. The van der Waals surface area contributed by atoms with Gasteiger partial charge in [0.2, 0.25) is 0 Å². The van der Waals surface area contributed by atoms with Gasteiger partial charge in [0.15, 0.2) is 0 Å². The number of ether oxygens (including phenoxy) is 1. The first-order chi connectivity index (χ1) is 15.4. The van der Waals surface area contributed by atoms with Gasteiger partial charge >= 0.3 is 0 Å². The van der Waals surface area contributed by atoms with E-state index in [4.69, 9.17) is 4.74 Å². The van der Waals surface area contributed by atoms with Crippen LogP contribution in [-0.2, 0) is 7.05 Å². The number of carbonyl (C=O) groups excluding carboxylic acids is 3. The van der Waals surface area contributed by atoms with Gasteiger partial charge in [-0.15, -0.1) is 6.58 Å². The van der Waals surface area contributed by atoms with E-state index in [1.807, 2.05) is 35.9 Å². The van der Waals surface area contributed by atoms with Gasteiger partial charge in [-0.1, -0.05) is 18.2 Å². The lowest BCUT2D eigenvalue weighted by Gasteiger charge is -2.20. The molecule has 3 aromatic rings. The lowest BCUT2D eigenvalue weighted by molar-refractivity contribution is 0.0672. The Labute approximate surface area is 185 Å². The maximum atomic E-state index is 13.2. The number of nitrogens with zero attached hydrogens (tertiary/aromatic N) is 3. The minimum absolute atomic E-state index is 0.116. The Kier molecular flexibility index (Phi) is 5.59. The van der Waals surface area contributed by atoms with E-state index in [1.165, 1.54) is 24.3 Å². The molecule has 0 fully saturated rings. The van der Waals surface area contributed by atoms with Gasteiger partial charge < -0.3 is 14.6 Å². The quantitative estimate of drug-likeness (QED) is 0.460. The lowest BCUT2D eigenvalue weighted by Crippen LogP contribution is -2.31. The molecule has 1 aliphatic heterocycles. The standard InChI is InChI=1S/C24H22N4O4/c1-4-11-28-23(30)18-9-8-16(14-19(18)24(28)31)22(29)26-20(21-25-10-12-27(21)2)15-6-5-7-17(13-15)32-3/h4-10,12-14,20H,1,11H2,2-3H3,(H,26,29)/t20-/m1/s1. The fourth-order valence-electron chi connectivity index (χ4n) is 3.71. The predicted octanol–water partition coefficient (Wildman–Crippen LogP) is 2.73. The maximum absolute atomic E-state index is 13.2. The average molecular weight is 430 g/mol. The Hall–Kier alpha value is -4.20. The first-order valence-corrected chi connectivity index (χ1v) is 9.97. The Balaban J connectivity index is 1.67. The van der Waals surface area contributed by atoms with Gasteiger partial charge in [0.25, 0.3) is 17.7 Å². The van der Waals surface area contributed by atoms with E-state index < -0.39 is 17.9 Å². The zero-order chi connectivity index (χ0) is 22.8. The van der Waals surface area contributed by atoms with Crippen LogP contribution in [0.2, 0.25) is 0 Å². The third-order valence-electron chi connectivity index (χ3n) is 5.36. The highest BCUT2D eigenvalue weighted by molar-refractivity contribution is 6.22. The summed E-state index contributed by atoms with van der Waals surface area (Å²) in [5, 5.41) is 2.99. The van der Waals surface area contributed by atoms with Crippen molar-refractivity contribution >= 4 is 17.7 Å². The van der Waals surface area contributed by atoms with Crippen LogP contribution in [0.5, 0.6) is 5.75 Å². The summed E-state index contributed by atoms with van der Waals surface area (Å²) in [6.45, 7) is 3.70. The second-order valence-electron chi connectivity index (χ2n) is 7.35. The summed E-state index contributed by atoms with van der Waals surface area (Å²) in [5.74, 6) is 0.0641. The molecule has 0 bridgehead atoms. The van der Waals surface area contributed by atoms with Gasteiger partial charge in [0.05, 0.1) is 18.2 Å². The molecule has 0 radical (unpaired) electrons. The minimum atomic E-state index is -0.555. The minimum Gasteiger partial charge on any atom is -0.497 e. The third-order valence-corrected chi connectivity index (χ3v) is 5.36. The number of aromatic nitrogens is 2. The monoisotopic (exact) mass is 430 g/mol. The van der Waals surface area contributed by atoms with Gasteiger partial charge in [-0.2, -0.15) is 0 Å². The van der Waals surface area contributed by atoms with Gasteiger partial charge in [-0.05, 0) is 35.9 Å². The Morgan fingerprint density at radius 3 is 2.66 bits per heavy atom. The van der Waals surface area contributed by atoms with Crippen molar-refractivity contribution in [2.24, 2.45) is 7.05 Å². The topological polar surface area (TPSA) is 93.5 Å². The Morgan fingerprint density at radius 1 is 1.19 bits per heavy atom. The number of nitrogens with one attached hydrogen (secondary N) is 1. The fourth-order valence-corrected chi connectivity index (χ4v) is 3.71. The second-order valence-corrected chi connectivity index (χ2v) is 7.35. The molecule has 0 saturated carbocycles. The molecular weight excluding hydrogens is 408 g/mol. The number of carbonyl (C=O) groups is 3. The lowest BCUT2D eigenvalue weighted by atomic mass is 10.0. The van der Waals surface area contributed by atoms with Crippen LogP contribution in [0.15, 0.2) is 67.5 Å². The number of hydrogen-bond acceptors (Lipinski definition) is 5. The average Bonchev–Trinajstić information content (AvgIpc) is 3.34. The largest absolute Gasteiger partial charge is 0.497 e. The number of aryl methyl sites for hydroxylation is 1. The van der Waals surface area contributed by atoms with E-state index in [9.17, 15) is 14.4 Å². The molecule has 1 aromatic heterocycles. The predicted molar refractivity (Wildman–Crippen MR) is 118 cm³/mol. The molecule has 8 nitrogen and oxygen atoms in total. The zero-order valence-electron chi connectivity index (χ0n) is 17.7. The molecule has 4 rings (SSSR count). The molecule has 0 spiro atoms. The molecule has 1 aliphatic rings. The van der Waals surface area contributed by atoms with Crippen molar-refractivity contribution < 1.29 is 19.1 Å². The van der Waals surface area contributed by atoms with E-state index in [0.29, 0.717) is 11.6 Å². The van der Waals surface area contributed by atoms with Gasteiger partial charge in [0, 0.05) is 31.5 Å². The normalized spacial score (nSPS) is 13.6. The first-order valence-electron chi connectivity index (χ1n) is 9.97. The SMILES string of the molecule is C=CCN1C(=O)c2ccc(C(=O)N[C@H](c3cccc(OC)c3)c3nccn3C)cc2C1=O. The van der Waals surface area contributed by atoms with Crippen LogP contribution >= 0.6 is 0 Å². The van der Waals surface area contributed by atoms with Crippen LogP contribution in [0.3, 0.4) is 0 Å². The summed E-state index contributed by atoms with van der Waals surface area (Å²) in [6, 6.07) is 11.3. The van der Waals surface area contributed by atoms with Gasteiger partial charge in [-0.3, -0.25) is 19.3 Å². The van der Waals surface area contributed by atoms with Crippen molar-refractivity contribution in [3.05, 3.63) is 95.6 Å². The smallest absolute Gasteiger partial charge is 0.261 e. The van der Waals surface area contributed by atoms with Crippen LogP contribution < -0.4 is 10.1 Å². The van der Waals surface area contributed by atoms with E-state index in [1.54, 1.807) is 19.5 Å². The molecular formula is C24H22N4O4.